The monoisotopic (exact) mass is 337 g/mol. The van der Waals surface area contributed by atoms with Gasteiger partial charge >= 0.3 is 0 Å². The second kappa shape index (κ2) is 5.27. The highest BCUT2D eigenvalue weighted by Gasteiger charge is 2.37. The summed E-state index contributed by atoms with van der Waals surface area (Å²) in [5, 5.41) is 0. The fourth-order valence-corrected chi connectivity index (χ4v) is 2.41. The van der Waals surface area contributed by atoms with Gasteiger partial charge in [0, 0.05) is 16.8 Å². The van der Waals surface area contributed by atoms with Crippen molar-refractivity contribution in [1.82, 2.24) is 0 Å². The first-order valence-electron chi connectivity index (χ1n) is 5.45. The zero-order valence-corrected chi connectivity index (χ0v) is 13.0. The Bertz CT molecular complexity index is 543. The topological polar surface area (TPSA) is 60.2 Å². The van der Waals surface area contributed by atoms with E-state index in [-0.39, 0.29) is 12.2 Å². The van der Waals surface area contributed by atoms with Crippen LogP contribution in [0.5, 0.6) is 0 Å². The van der Waals surface area contributed by atoms with E-state index in [2.05, 4.69) is 15.9 Å². The molecule has 0 aliphatic heterocycles. The molecule has 0 radical (unpaired) electrons. The molecule has 18 heavy (non-hydrogen) atoms. The Balaban J connectivity index is 2.98. The van der Waals surface area contributed by atoms with Crippen molar-refractivity contribution < 1.29 is 12.8 Å². The second-order valence-corrected chi connectivity index (χ2v) is 8.43. The van der Waals surface area contributed by atoms with E-state index in [9.17, 15) is 12.8 Å². The van der Waals surface area contributed by atoms with E-state index < -0.39 is 20.6 Å². The molecule has 1 rings (SSSR count). The Morgan fingerprint density at radius 1 is 1.44 bits per heavy atom. The predicted octanol–water partition coefficient (Wildman–Crippen LogP) is 2.28. The first-order chi connectivity index (χ1) is 8.05. The quantitative estimate of drug-likeness (QED) is 0.916. The van der Waals surface area contributed by atoms with E-state index in [1.54, 1.807) is 26.0 Å². The lowest BCUT2D eigenvalue weighted by atomic mass is 9.96. The molecule has 2 N–H and O–H groups in total. The third kappa shape index (κ3) is 3.30. The molecule has 0 amide bonds. The number of hydrogen-bond donors (Lipinski definition) is 1. The summed E-state index contributed by atoms with van der Waals surface area (Å²) in [6, 6.07) is 3.99. The summed E-state index contributed by atoms with van der Waals surface area (Å²) in [5.41, 5.74) is 6.34. The van der Waals surface area contributed by atoms with Crippen LogP contribution in [0.25, 0.3) is 0 Å². The molecule has 1 atom stereocenters. The van der Waals surface area contributed by atoms with Crippen molar-refractivity contribution in [2.45, 2.75) is 31.1 Å². The highest BCUT2D eigenvalue weighted by Crippen LogP contribution is 2.23. The van der Waals surface area contributed by atoms with Gasteiger partial charge in [0.15, 0.2) is 9.84 Å². The summed E-state index contributed by atoms with van der Waals surface area (Å²) in [6.07, 6.45) is 1.32. The Hall–Kier alpha value is -0.460. The third-order valence-corrected chi connectivity index (χ3v) is 6.01. The van der Waals surface area contributed by atoms with Crippen molar-refractivity contribution in [2.75, 3.05) is 6.26 Å². The Morgan fingerprint density at radius 2 is 2.00 bits per heavy atom. The molecule has 6 heteroatoms. The van der Waals surface area contributed by atoms with Gasteiger partial charge in [-0.05, 0) is 38.0 Å². The number of sulfone groups is 1. The lowest BCUT2D eigenvalue weighted by Crippen LogP contribution is -2.50. The van der Waals surface area contributed by atoms with Crippen molar-refractivity contribution in [3.8, 4) is 0 Å². The molecule has 0 saturated carbocycles. The van der Waals surface area contributed by atoms with Crippen LogP contribution >= 0.6 is 15.9 Å². The Morgan fingerprint density at radius 3 is 2.44 bits per heavy atom. The fraction of sp³-hybridized carbons (Fsp3) is 0.500. The first-order valence-corrected chi connectivity index (χ1v) is 8.13. The van der Waals surface area contributed by atoms with E-state index in [0.29, 0.717) is 10.0 Å². The minimum atomic E-state index is -3.30. The average molecular weight is 338 g/mol. The predicted molar refractivity (Wildman–Crippen MR) is 74.7 cm³/mol. The largest absolute Gasteiger partial charge is 0.326 e. The number of halogens is 2. The van der Waals surface area contributed by atoms with Gasteiger partial charge in [0.1, 0.15) is 5.82 Å². The first kappa shape index (κ1) is 15.6. The van der Waals surface area contributed by atoms with Gasteiger partial charge in [0.2, 0.25) is 0 Å². The zero-order valence-electron chi connectivity index (χ0n) is 10.6. The Labute approximate surface area is 116 Å². The van der Waals surface area contributed by atoms with Gasteiger partial charge in [-0.25, -0.2) is 12.8 Å². The number of benzene rings is 1. The van der Waals surface area contributed by atoms with Gasteiger partial charge in [-0.1, -0.05) is 22.0 Å². The fourth-order valence-electron chi connectivity index (χ4n) is 1.44. The normalized spacial score (nSPS) is 14.6. The molecule has 1 aromatic carbocycles. The van der Waals surface area contributed by atoms with Crippen molar-refractivity contribution in [3.05, 3.63) is 34.1 Å². The van der Waals surface area contributed by atoms with Gasteiger partial charge < -0.3 is 5.73 Å². The van der Waals surface area contributed by atoms with Crippen LogP contribution in [0.15, 0.2) is 22.7 Å². The highest BCUT2D eigenvalue weighted by molar-refractivity contribution is 9.10. The molecule has 0 spiro atoms. The molecule has 1 aromatic rings. The average Bonchev–Trinajstić information content (AvgIpc) is 2.20. The third-order valence-electron chi connectivity index (χ3n) is 3.30. The minimum Gasteiger partial charge on any atom is -0.326 e. The molecule has 0 fully saturated rings. The van der Waals surface area contributed by atoms with Gasteiger partial charge in [-0.3, -0.25) is 0 Å². The maximum atomic E-state index is 13.7. The molecule has 3 nitrogen and oxygen atoms in total. The molecular formula is C12H17BrFNO2S. The summed E-state index contributed by atoms with van der Waals surface area (Å²) >= 11 is 3.17. The van der Waals surface area contributed by atoms with Crippen molar-refractivity contribution in [3.63, 3.8) is 0 Å². The zero-order chi connectivity index (χ0) is 14.1. The summed E-state index contributed by atoms with van der Waals surface area (Å²) < 4.78 is 36.5. The van der Waals surface area contributed by atoms with Gasteiger partial charge in [-0.15, -0.1) is 0 Å². The molecule has 0 aliphatic rings. The summed E-state index contributed by atoms with van der Waals surface area (Å²) in [4.78, 5) is 0. The van der Waals surface area contributed by atoms with Crippen LogP contribution in [0, 0.1) is 5.82 Å². The van der Waals surface area contributed by atoms with Crippen LogP contribution in [0.3, 0.4) is 0 Å². The van der Waals surface area contributed by atoms with E-state index in [0.717, 1.165) is 6.26 Å². The van der Waals surface area contributed by atoms with Crippen LogP contribution in [0.1, 0.15) is 19.4 Å². The molecule has 0 saturated heterocycles. The maximum Gasteiger partial charge on any atom is 0.154 e. The number of nitrogens with two attached hydrogens (primary N) is 1. The van der Waals surface area contributed by atoms with Crippen LogP contribution in [0.2, 0.25) is 0 Å². The second-order valence-electron chi connectivity index (χ2n) is 4.92. The van der Waals surface area contributed by atoms with Crippen molar-refractivity contribution in [2.24, 2.45) is 5.73 Å². The minimum absolute atomic E-state index is 0.180. The van der Waals surface area contributed by atoms with Crippen LogP contribution < -0.4 is 5.73 Å². The smallest absolute Gasteiger partial charge is 0.154 e. The van der Waals surface area contributed by atoms with Crippen LogP contribution in [-0.2, 0) is 16.3 Å². The molecule has 0 heterocycles. The lowest BCUT2D eigenvalue weighted by molar-refractivity contribution is 0.474. The van der Waals surface area contributed by atoms with E-state index in [1.807, 2.05) is 0 Å². The van der Waals surface area contributed by atoms with Crippen LogP contribution in [0.4, 0.5) is 4.39 Å². The highest BCUT2D eigenvalue weighted by atomic mass is 79.9. The van der Waals surface area contributed by atoms with E-state index >= 15 is 0 Å². The molecule has 0 aliphatic carbocycles. The van der Waals surface area contributed by atoms with Crippen LogP contribution in [-0.4, -0.2) is 25.5 Å². The molecule has 1 unspecified atom stereocenters. The number of hydrogen-bond acceptors (Lipinski definition) is 3. The number of rotatable bonds is 4. The molecule has 0 bridgehead atoms. The summed E-state index contributed by atoms with van der Waals surface area (Å²) in [5.74, 6) is -0.385. The standard InChI is InChI=1S/C12H17BrFNO2S/c1-12(2,18(3,16)17)11(15)6-8-4-5-9(13)7-10(8)14/h4-5,7,11H,6,15H2,1-3H3. The Kier molecular flexibility index (Phi) is 4.56. The van der Waals surface area contributed by atoms with Gasteiger partial charge in [0.05, 0.1) is 4.75 Å². The van der Waals surface area contributed by atoms with Crippen molar-refractivity contribution >= 4 is 25.8 Å². The molecular weight excluding hydrogens is 321 g/mol. The van der Waals surface area contributed by atoms with Gasteiger partial charge in [0.25, 0.3) is 0 Å². The summed E-state index contributed by atoms with van der Waals surface area (Å²) in [7, 11) is -3.30. The van der Waals surface area contributed by atoms with Gasteiger partial charge in [-0.2, -0.15) is 0 Å². The summed E-state index contributed by atoms with van der Waals surface area (Å²) in [6.45, 7) is 3.12. The lowest BCUT2D eigenvalue weighted by Gasteiger charge is -2.29. The van der Waals surface area contributed by atoms with Crippen molar-refractivity contribution in [1.29, 1.82) is 0 Å². The van der Waals surface area contributed by atoms with E-state index in [4.69, 9.17) is 5.73 Å². The SMILES string of the molecule is CC(C)(C(N)Cc1ccc(Br)cc1F)S(C)(=O)=O. The molecule has 102 valence electrons. The van der Waals surface area contributed by atoms with E-state index in [1.165, 1.54) is 6.07 Å². The maximum absolute atomic E-state index is 13.7. The molecule has 0 aromatic heterocycles.